The lowest BCUT2D eigenvalue weighted by molar-refractivity contribution is -0.118. The molecule has 0 heterocycles. The van der Waals surface area contributed by atoms with Crippen molar-refractivity contribution in [1.82, 2.24) is 5.32 Å². The Labute approximate surface area is 61.4 Å². The zero-order chi connectivity index (χ0) is 7.44. The fourth-order valence-electron chi connectivity index (χ4n) is 0.268. The molecule has 9 heavy (non-hydrogen) atoms. The molecular formula is C4H8BrN3O. The van der Waals surface area contributed by atoms with Crippen molar-refractivity contribution in [3.63, 3.8) is 0 Å². The van der Waals surface area contributed by atoms with Crippen molar-refractivity contribution in [2.75, 3.05) is 7.05 Å². The lowest BCUT2D eigenvalue weighted by Crippen LogP contribution is -2.37. The summed E-state index contributed by atoms with van der Waals surface area (Å²) in [5.41, 5.74) is 4.99. The van der Waals surface area contributed by atoms with Crippen LogP contribution in [0.5, 0.6) is 0 Å². The second-order valence-corrected chi connectivity index (χ2v) is 2.35. The first-order valence-electron chi connectivity index (χ1n) is 2.29. The summed E-state index contributed by atoms with van der Waals surface area (Å²) in [6.07, 6.45) is 0. The van der Waals surface area contributed by atoms with E-state index in [0.29, 0.717) is 0 Å². The van der Waals surface area contributed by atoms with Crippen molar-refractivity contribution in [3.8, 4) is 0 Å². The van der Waals surface area contributed by atoms with Gasteiger partial charge in [0, 0.05) is 7.05 Å². The van der Waals surface area contributed by atoms with Gasteiger partial charge in [0.1, 0.15) is 10.7 Å². The van der Waals surface area contributed by atoms with Gasteiger partial charge < -0.3 is 11.1 Å². The third-order valence-electron chi connectivity index (χ3n) is 0.750. The van der Waals surface area contributed by atoms with Crippen LogP contribution in [0.3, 0.4) is 0 Å². The molecule has 52 valence electrons. The molecule has 0 aliphatic carbocycles. The maximum absolute atomic E-state index is 10.6. The second kappa shape index (κ2) is 3.45. The van der Waals surface area contributed by atoms with E-state index in [1.165, 1.54) is 7.05 Å². The summed E-state index contributed by atoms with van der Waals surface area (Å²) in [6.45, 7) is 0. The molecule has 1 amide bonds. The van der Waals surface area contributed by atoms with Crippen LogP contribution < -0.4 is 11.1 Å². The molecule has 1 atom stereocenters. The van der Waals surface area contributed by atoms with Gasteiger partial charge in [-0.3, -0.25) is 10.2 Å². The minimum Gasteiger partial charge on any atom is -0.386 e. The molecule has 4 N–H and O–H groups in total. The lowest BCUT2D eigenvalue weighted by atomic mass is 10.4. The van der Waals surface area contributed by atoms with E-state index in [-0.39, 0.29) is 11.7 Å². The number of amides is 1. The van der Waals surface area contributed by atoms with Gasteiger partial charge in [0.2, 0.25) is 5.91 Å². The Hall–Kier alpha value is -0.580. The fraction of sp³-hybridized carbons (Fsp3) is 0.500. The number of alkyl halides is 1. The summed E-state index contributed by atoms with van der Waals surface area (Å²) in [7, 11) is 1.49. The molecule has 0 aliphatic heterocycles. The quantitative estimate of drug-likeness (QED) is 0.312. The molecule has 0 rings (SSSR count). The molecule has 0 aromatic rings. The Morgan fingerprint density at radius 1 is 1.89 bits per heavy atom. The van der Waals surface area contributed by atoms with Crippen molar-refractivity contribution in [2.24, 2.45) is 5.73 Å². The van der Waals surface area contributed by atoms with Gasteiger partial charge in [-0.05, 0) is 0 Å². The zero-order valence-corrected chi connectivity index (χ0v) is 6.53. The molecule has 0 fully saturated rings. The average molecular weight is 194 g/mol. The van der Waals surface area contributed by atoms with Crippen molar-refractivity contribution < 1.29 is 4.79 Å². The first-order valence-corrected chi connectivity index (χ1v) is 3.20. The predicted octanol–water partition coefficient (Wildman–Crippen LogP) is -0.568. The highest BCUT2D eigenvalue weighted by Crippen LogP contribution is 1.96. The summed E-state index contributed by atoms with van der Waals surface area (Å²) < 4.78 is 0. The van der Waals surface area contributed by atoms with Crippen LogP contribution in [0.4, 0.5) is 0 Å². The minimum atomic E-state index is -0.692. The molecule has 0 spiro atoms. The number of nitrogens with two attached hydrogens (primary N) is 1. The summed E-state index contributed by atoms with van der Waals surface area (Å²) in [6, 6.07) is 0. The van der Waals surface area contributed by atoms with Crippen LogP contribution in [0.2, 0.25) is 0 Å². The number of rotatable bonds is 2. The van der Waals surface area contributed by atoms with Crippen molar-refractivity contribution in [3.05, 3.63) is 0 Å². The van der Waals surface area contributed by atoms with Gasteiger partial charge >= 0.3 is 0 Å². The number of hydrogen-bond acceptors (Lipinski definition) is 2. The minimum absolute atomic E-state index is 0.186. The topological polar surface area (TPSA) is 79.0 Å². The number of halogens is 1. The lowest BCUT2D eigenvalue weighted by Gasteiger charge is -2.03. The van der Waals surface area contributed by atoms with Gasteiger partial charge in [0.05, 0.1) is 0 Å². The SMILES string of the molecule is CNC(=O)C(Br)C(=N)N. The van der Waals surface area contributed by atoms with Crippen molar-refractivity contribution in [1.29, 1.82) is 5.41 Å². The number of hydrogen-bond donors (Lipinski definition) is 3. The van der Waals surface area contributed by atoms with Crippen LogP contribution in [-0.4, -0.2) is 23.6 Å². The predicted molar refractivity (Wildman–Crippen MR) is 38.7 cm³/mol. The number of amidine groups is 1. The molecule has 0 radical (unpaired) electrons. The van der Waals surface area contributed by atoms with E-state index in [0.717, 1.165) is 0 Å². The van der Waals surface area contributed by atoms with E-state index in [4.69, 9.17) is 11.1 Å². The van der Waals surface area contributed by atoms with Crippen LogP contribution in [-0.2, 0) is 4.79 Å². The van der Waals surface area contributed by atoms with Crippen LogP contribution in [0.15, 0.2) is 0 Å². The van der Waals surface area contributed by atoms with Gasteiger partial charge in [-0.15, -0.1) is 0 Å². The highest BCUT2D eigenvalue weighted by molar-refractivity contribution is 9.10. The number of carbonyl (C=O) groups is 1. The van der Waals surface area contributed by atoms with E-state index in [1.807, 2.05) is 0 Å². The molecule has 5 heteroatoms. The smallest absolute Gasteiger partial charge is 0.241 e. The molecular weight excluding hydrogens is 186 g/mol. The Morgan fingerprint density at radius 2 is 2.33 bits per heavy atom. The molecule has 0 aromatic carbocycles. The normalized spacial score (nSPS) is 12.2. The molecule has 4 nitrogen and oxygen atoms in total. The van der Waals surface area contributed by atoms with Crippen LogP contribution >= 0.6 is 15.9 Å². The third-order valence-corrected chi connectivity index (χ3v) is 1.66. The standard InChI is InChI=1S/C4H8BrN3O/c1-8-4(9)2(5)3(6)7/h2H,1H3,(H3,6,7)(H,8,9). The van der Waals surface area contributed by atoms with E-state index < -0.39 is 4.83 Å². The highest BCUT2D eigenvalue weighted by atomic mass is 79.9. The summed E-state index contributed by atoms with van der Waals surface area (Å²) in [5.74, 6) is -0.489. The van der Waals surface area contributed by atoms with Crippen LogP contribution in [0, 0.1) is 5.41 Å². The monoisotopic (exact) mass is 193 g/mol. The average Bonchev–Trinajstić information content (AvgIpc) is 1.84. The first kappa shape index (κ1) is 8.42. The molecule has 0 saturated carbocycles. The van der Waals surface area contributed by atoms with Crippen molar-refractivity contribution in [2.45, 2.75) is 4.83 Å². The fourth-order valence-corrected chi connectivity index (χ4v) is 0.497. The Morgan fingerprint density at radius 3 is 2.44 bits per heavy atom. The largest absolute Gasteiger partial charge is 0.386 e. The molecule has 1 unspecified atom stereocenters. The van der Waals surface area contributed by atoms with Gasteiger partial charge in [-0.25, -0.2) is 0 Å². The molecule has 0 aliphatic rings. The maximum Gasteiger partial charge on any atom is 0.241 e. The van der Waals surface area contributed by atoms with E-state index in [1.54, 1.807) is 0 Å². The van der Waals surface area contributed by atoms with Gasteiger partial charge in [-0.1, -0.05) is 15.9 Å². The Balaban J connectivity index is 3.88. The van der Waals surface area contributed by atoms with Crippen LogP contribution in [0.1, 0.15) is 0 Å². The van der Waals surface area contributed by atoms with E-state index in [2.05, 4.69) is 21.2 Å². The van der Waals surface area contributed by atoms with Gasteiger partial charge in [0.15, 0.2) is 0 Å². The maximum atomic E-state index is 10.6. The molecule has 0 saturated heterocycles. The Bertz CT molecular complexity index is 136. The summed E-state index contributed by atoms with van der Waals surface area (Å²) in [5, 5.41) is 9.14. The highest BCUT2D eigenvalue weighted by Gasteiger charge is 2.14. The number of carbonyl (C=O) groups excluding carboxylic acids is 1. The second-order valence-electron chi connectivity index (χ2n) is 1.43. The zero-order valence-electron chi connectivity index (χ0n) is 4.94. The summed E-state index contributed by atoms with van der Waals surface area (Å²) in [4.78, 5) is 9.88. The summed E-state index contributed by atoms with van der Waals surface area (Å²) >= 11 is 2.91. The van der Waals surface area contributed by atoms with Crippen molar-refractivity contribution >= 4 is 27.7 Å². The third kappa shape index (κ3) is 2.46. The van der Waals surface area contributed by atoms with Crippen LogP contribution in [0.25, 0.3) is 0 Å². The van der Waals surface area contributed by atoms with E-state index in [9.17, 15) is 4.79 Å². The number of nitrogens with one attached hydrogen (secondary N) is 2. The Kier molecular flexibility index (Phi) is 3.22. The van der Waals surface area contributed by atoms with E-state index >= 15 is 0 Å². The first-order chi connectivity index (χ1) is 4.09. The van der Waals surface area contributed by atoms with Gasteiger partial charge in [0.25, 0.3) is 0 Å². The molecule has 0 bridgehead atoms. The van der Waals surface area contributed by atoms with Gasteiger partial charge in [-0.2, -0.15) is 0 Å². The molecule has 0 aromatic heterocycles.